The zero-order valence-corrected chi connectivity index (χ0v) is 21.3. The number of hydrogen-bond donors (Lipinski definition) is 1. The van der Waals surface area contributed by atoms with Crippen LogP contribution < -0.4 is 14.8 Å². The summed E-state index contributed by atoms with van der Waals surface area (Å²) in [7, 11) is 1.73. The van der Waals surface area contributed by atoms with Crippen LogP contribution in [0.2, 0.25) is 0 Å². The number of rotatable bonds is 4. The first-order valence-electron chi connectivity index (χ1n) is 12.6. The predicted octanol–water partition coefficient (Wildman–Crippen LogP) is 8.31. The van der Waals surface area contributed by atoms with Crippen LogP contribution in [0, 0.1) is 0 Å². The van der Waals surface area contributed by atoms with Gasteiger partial charge in [-0.15, -0.1) is 0 Å². The Morgan fingerprint density at radius 3 is 2.33 bits per heavy atom. The third-order valence-electron chi connectivity index (χ3n) is 7.22. The summed E-state index contributed by atoms with van der Waals surface area (Å²) in [5.41, 5.74) is 10.7. The van der Waals surface area contributed by atoms with E-state index in [0.29, 0.717) is 0 Å². The van der Waals surface area contributed by atoms with Crippen molar-refractivity contribution in [2.45, 2.75) is 38.8 Å². The maximum Gasteiger partial charge on any atom is 0.131 e. The Morgan fingerprint density at radius 2 is 1.58 bits per heavy atom. The van der Waals surface area contributed by atoms with Crippen LogP contribution in [0.15, 0.2) is 91.0 Å². The largest absolute Gasteiger partial charge is 0.496 e. The van der Waals surface area contributed by atoms with Crippen molar-refractivity contribution in [1.29, 1.82) is 0 Å². The number of nitrogens with one attached hydrogen (secondary N) is 1. The van der Waals surface area contributed by atoms with Gasteiger partial charge >= 0.3 is 0 Å². The molecular formula is C33H31NO2. The lowest BCUT2D eigenvalue weighted by Crippen LogP contribution is -2.32. The van der Waals surface area contributed by atoms with Crippen molar-refractivity contribution in [3.8, 4) is 33.8 Å². The van der Waals surface area contributed by atoms with Gasteiger partial charge in [-0.2, -0.15) is 0 Å². The number of ether oxygens (including phenoxy) is 2. The minimum Gasteiger partial charge on any atom is -0.496 e. The summed E-state index contributed by atoms with van der Waals surface area (Å²) in [5.74, 6) is 1.71. The molecule has 0 fully saturated rings. The van der Waals surface area contributed by atoms with Crippen LogP contribution in [0.4, 0.5) is 5.69 Å². The zero-order chi connectivity index (χ0) is 24.9. The molecule has 1 unspecified atom stereocenters. The second kappa shape index (κ2) is 8.60. The summed E-state index contributed by atoms with van der Waals surface area (Å²) >= 11 is 0. The molecule has 2 aliphatic rings. The highest BCUT2D eigenvalue weighted by atomic mass is 16.5. The van der Waals surface area contributed by atoms with Crippen molar-refractivity contribution < 1.29 is 9.47 Å². The van der Waals surface area contributed by atoms with E-state index in [0.717, 1.165) is 29.2 Å². The van der Waals surface area contributed by atoms with Gasteiger partial charge in [0, 0.05) is 23.2 Å². The summed E-state index contributed by atoms with van der Waals surface area (Å²) in [6.07, 6.45) is 2.99. The second-order valence-corrected chi connectivity index (χ2v) is 10.3. The molecule has 0 amide bonds. The van der Waals surface area contributed by atoms with Crippen LogP contribution in [0.1, 0.15) is 43.6 Å². The number of fused-ring (bicyclic) bond motifs is 5. The van der Waals surface area contributed by atoms with E-state index in [1.54, 1.807) is 7.11 Å². The molecule has 36 heavy (non-hydrogen) atoms. The first kappa shape index (κ1) is 22.5. The standard InChI is InChI=1S/C33H31NO2/c1-21-20-33(2,3)34-26-18-17-25-31-27(35-4)11-8-12-28(31)36-29(32(25)30(21)26)19-22-13-15-24(16-14-22)23-9-6-5-7-10-23/h5-18,20,29,34H,19H2,1-4H3. The van der Waals surface area contributed by atoms with Gasteiger partial charge in [-0.1, -0.05) is 72.8 Å². The zero-order valence-electron chi connectivity index (χ0n) is 21.3. The highest BCUT2D eigenvalue weighted by molar-refractivity contribution is 5.91. The van der Waals surface area contributed by atoms with Gasteiger partial charge in [0.15, 0.2) is 0 Å². The van der Waals surface area contributed by atoms with E-state index in [2.05, 4.69) is 105 Å². The first-order chi connectivity index (χ1) is 17.4. The van der Waals surface area contributed by atoms with E-state index < -0.39 is 0 Å². The molecule has 0 radical (unpaired) electrons. The lowest BCUT2D eigenvalue weighted by atomic mass is 9.80. The first-order valence-corrected chi connectivity index (χ1v) is 12.6. The van der Waals surface area contributed by atoms with Crippen LogP contribution in [0.5, 0.6) is 11.5 Å². The molecule has 2 aliphatic heterocycles. The van der Waals surface area contributed by atoms with Crippen LogP contribution in [0.3, 0.4) is 0 Å². The predicted molar refractivity (Wildman–Crippen MR) is 149 cm³/mol. The average Bonchev–Trinajstić information content (AvgIpc) is 2.88. The fourth-order valence-electron chi connectivity index (χ4n) is 5.78. The van der Waals surface area contributed by atoms with Crippen LogP contribution in [-0.2, 0) is 6.42 Å². The molecule has 180 valence electrons. The Labute approximate surface area is 213 Å². The van der Waals surface area contributed by atoms with Crippen molar-refractivity contribution in [3.05, 3.63) is 108 Å². The van der Waals surface area contributed by atoms with E-state index >= 15 is 0 Å². The van der Waals surface area contributed by atoms with Gasteiger partial charge in [-0.05, 0) is 66.8 Å². The molecule has 0 saturated heterocycles. The molecule has 1 N–H and O–H groups in total. The molecule has 0 saturated carbocycles. The van der Waals surface area contributed by atoms with Crippen molar-refractivity contribution >= 4 is 11.3 Å². The highest BCUT2D eigenvalue weighted by Gasteiger charge is 2.35. The number of hydrogen-bond acceptors (Lipinski definition) is 3. The number of allylic oxidation sites excluding steroid dienone is 1. The van der Waals surface area contributed by atoms with E-state index in [4.69, 9.17) is 9.47 Å². The summed E-state index contributed by atoms with van der Waals surface area (Å²) in [4.78, 5) is 0. The fraction of sp³-hybridized carbons (Fsp3) is 0.212. The van der Waals surface area contributed by atoms with Crippen LogP contribution >= 0.6 is 0 Å². The molecular weight excluding hydrogens is 442 g/mol. The molecule has 0 bridgehead atoms. The maximum absolute atomic E-state index is 6.75. The van der Waals surface area contributed by atoms with Gasteiger partial charge in [-0.3, -0.25) is 0 Å². The molecule has 3 heteroatoms. The number of anilines is 1. The highest BCUT2D eigenvalue weighted by Crippen LogP contribution is 2.52. The smallest absolute Gasteiger partial charge is 0.131 e. The Bertz CT molecular complexity index is 1470. The van der Waals surface area contributed by atoms with Crippen molar-refractivity contribution in [2.24, 2.45) is 0 Å². The summed E-state index contributed by atoms with van der Waals surface area (Å²) in [6.45, 7) is 6.63. The molecule has 6 rings (SSSR count). The van der Waals surface area contributed by atoms with Crippen molar-refractivity contribution in [2.75, 3.05) is 12.4 Å². The Kier molecular flexibility index (Phi) is 5.37. The molecule has 0 aliphatic carbocycles. The van der Waals surface area contributed by atoms with Gasteiger partial charge in [0.1, 0.15) is 17.6 Å². The van der Waals surface area contributed by atoms with Gasteiger partial charge in [0.2, 0.25) is 0 Å². The van der Waals surface area contributed by atoms with Gasteiger partial charge < -0.3 is 14.8 Å². The Balaban J connectivity index is 1.46. The molecule has 3 nitrogen and oxygen atoms in total. The molecule has 4 aromatic rings. The topological polar surface area (TPSA) is 30.5 Å². The lowest BCUT2D eigenvalue weighted by molar-refractivity contribution is 0.201. The number of benzene rings is 4. The minimum atomic E-state index is -0.108. The fourth-order valence-corrected chi connectivity index (χ4v) is 5.78. The summed E-state index contributed by atoms with van der Waals surface area (Å²) in [5, 5.41) is 3.72. The van der Waals surface area contributed by atoms with Crippen molar-refractivity contribution in [1.82, 2.24) is 0 Å². The van der Waals surface area contributed by atoms with Crippen LogP contribution in [0.25, 0.3) is 27.8 Å². The van der Waals surface area contributed by atoms with Gasteiger partial charge in [0.25, 0.3) is 0 Å². The average molecular weight is 474 g/mol. The van der Waals surface area contributed by atoms with Crippen LogP contribution in [-0.4, -0.2) is 12.6 Å². The van der Waals surface area contributed by atoms with Gasteiger partial charge in [0.05, 0.1) is 18.2 Å². The van der Waals surface area contributed by atoms with E-state index in [1.165, 1.54) is 39.0 Å². The molecule has 1 atom stereocenters. The lowest BCUT2D eigenvalue weighted by Gasteiger charge is -2.37. The Hall–Kier alpha value is -3.98. The number of methoxy groups -OCH3 is 1. The third-order valence-corrected chi connectivity index (χ3v) is 7.22. The Morgan fingerprint density at radius 1 is 0.833 bits per heavy atom. The normalized spacial score (nSPS) is 17.0. The quantitative estimate of drug-likeness (QED) is 0.323. The van der Waals surface area contributed by atoms with E-state index in [9.17, 15) is 0 Å². The minimum absolute atomic E-state index is 0.0980. The summed E-state index contributed by atoms with van der Waals surface area (Å²) < 4.78 is 12.5. The monoisotopic (exact) mass is 473 g/mol. The second-order valence-electron chi connectivity index (χ2n) is 10.3. The van der Waals surface area contributed by atoms with E-state index in [-0.39, 0.29) is 11.6 Å². The SMILES string of the molecule is COc1cccc2c1-c1ccc3c(c1C(Cc1ccc(-c4ccccc4)cc1)O2)C(C)=CC(C)(C)N3. The third kappa shape index (κ3) is 3.85. The maximum atomic E-state index is 6.75. The summed E-state index contributed by atoms with van der Waals surface area (Å²) in [6, 6.07) is 29.9. The molecule has 0 aromatic heterocycles. The molecule has 2 heterocycles. The molecule has 4 aromatic carbocycles. The molecule has 0 spiro atoms. The van der Waals surface area contributed by atoms with Crippen molar-refractivity contribution in [3.63, 3.8) is 0 Å². The van der Waals surface area contributed by atoms with Gasteiger partial charge in [-0.25, -0.2) is 0 Å². The van der Waals surface area contributed by atoms with E-state index in [1.807, 2.05) is 12.1 Å².